The van der Waals surface area contributed by atoms with Crippen molar-refractivity contribution in [1.29, 1.82) is 0 Å². The van der Waals surface area contributed by atoms with Crippen LogP contribution >= 0.6 is 0 Å². The van der Waals surface area contributed by atoms with E-state index in [0.29, 0.717) is 0 Å². The maximum absolute atomic E-state index is 9.72. The zero-order valence-electron chi connectivity index (χ0n) is 8.95. The van der Waals surface area contributed by atoms with Gasteiger partial charge in [-0.3, -0.25) is 0 Å². The summed E-state index contributed by atoms with van der Waals surface area (Å²) in [7, 11) is 0. The van der Waals surface area contributed by atoms with Gasteiger partial charge in [0, 0.05) is 6.61 Å². The third-order valence-corrected chi connectivity index (χ3v) is 3.69. The van der Waals surface area contributed by atoms with Gasteiger partial charge in [-0.05, 0) is 31.6 Å². The van der Waals surface area contributed by atoms with Crippen LogP contribution in [0.4, 0.5) is 0 Å². The Morgan fingerprint density at radius 1 is 0.929 bits per heavy atom. The summed E-state index contributed by atoms with van der Waals surface area (Å²) in [6.45, 7) is 0.891. The van der Waals surface area contributed by atoms with Crippen molar-refractivity contribution in [3.8, 4) is 0 Å². The average Bonchev–Trinajstić information content (AvgIpc) is 2.69. The van der Waals surface area contributed by atoms with Gasteiger partial charge in [0.15, 0.2) is 0 Å². The highest BCUT2D eigenvalue weighted by molar-refractivity contribution is 4.76. The van der Waals surface area contributed by atoms with E-state index in [9.17, 15) is 5.11 Å². The maximum Gasteiger partial charge on any atom is 0.0834 e. The molecule has 1 N–H and O–H groups in total. The van der Waals surface area contributed by atoms with E-state index in [1.54, 1.807) is 0 Å². The SMILES string of the molecule is OC1CCCCC1OCC1CCCC1. The van der Waals surface area contributed by atoms with Crippen LogP contribution < -0.4 is 0 Å². The van der Waals surface area contributed by atoms with Crippen molar-refractivity contribution in [3.63, 3.8) is 0 Å². The smallest absolute Gasteiger partial charge is 0.0834 e. The van der Waals surface area contributed by atoms with E-state index in [0.717, 1.165) is 25.4 Å². The fourth-order valence-corrected chi connectivity index (χ4v) is 2.71. The van der Waals surface area contributed by atoms with Crippen LogP contribution in [0.25, 0.3) is 0 Å². The van der Waals surface area contributed by atoms with Crippen molar-refractivity contribution >= 4 is 0 Å². The Bertz CT molecular complexity index is 164. The first-order valence-corrected chi connectivity index (χ1v) is 6.16. The van der Waals surface area contributed by atoms with Crippen LogP contribution in [0.1, 0.15) is 51.4 Å². The molecule has 2 saturated carbocycles. The van der Waals surface area contributed by atoms with Gasteiger partial charge in [-0.15, -0.1) is 0 Å². The Hall–Kier alpha value is -0.0800. The van der Waals surface area contributed by atoms with E-state index in [-0.39, 0.29) is 12.2 Å². The largest absolute Gasteiger partial charge is 0.390 e. The summed E-state index contributed by atoms with van der Waals surface area (Å²) in [5.74, 6) is 0.782. The molecule has 82 valence electrons. The third-order valence-electron chi connectivity index (χ3n) is 3.69. The van der Waals surface area contributed by atoms with E-state index in [1.807, 2.05) is 0 Å². The molecule has 2 rings (SSSR count). The topological polar surface area (TPSA) is 29.5 Å². The zero-order valence-corrected chi connectivity index (χ0v) is 8.95. The number of hydrogen-bond donors (Lipinski definition) is 1. The van der Waals surface area contributed by atoms with Gasteiger partial charge in [-0.1, -0.05) is 25.7 Å². The number of aliphatic hydroxyl groups is 1. The first-order valence-electron chi connectivity index (χ1n) is 6.16. The highest BCUT2D eigenvalue weighted by Gasteiger charge is 2.25. The van der Waals surface area contributed by atoms with Gasteiger partial charge in [0.1, 0.15) is 0 Å². The van der Waals surface area contributed by atoms with Gasteiger partial charge in [0.25, 0.3) is 0 Å². The summed E-state index contributed by atoms with van der Waals surface area (Å²) in [5.41, 5.74) is 0. The first-order chi connectivity index (χ1) is 6.86. The number of ether oxygens (including phenoxy) is 1. The molecule has 2 atom stereocenters. The minimum atomic E-state index is -0.190. The quantitative estimate of drug-likeness (QED) is 0.755. The second-order valence-electron chi connectivity index (χ2n) is 4.87. The van der Waals surface area contributed by atoms with Crippen LogP contribution in [-0.2, 0) is 4.74 Å². The molecule has 0 aromatic heterocycles. The van der Waals surface area contributed by atoms with E-state index in [4.69, 9.17) is 4.74 Å². The van der Waals surface area contributed by atoms with Gasteiger partial charge < -0.3 is 9.84 Å². The van der Waals surface area contributed by atoms with Crippen molar-refractivity contribution in [2.24, 2.45) is 5.92 Å². The molecule has 2 nitrogen and oxygen atoms in total. The molecule has 0 radical (unpaired) electrons. The van der Waals surface area contributed by atoms with E-state index < -0.39 is 0 Å². The molecule has 0 aromatic rings. The highest BCUT2D eigenvalue weighted by Crippen LogP contribution is 2.27. The van der Waals surface area contributed by atoms with Crippen LogP contribution in [0.2, 0.25) is 0 Å². The van der Waals surface area contributed by atoms with E-state index in [1.165, 1.54) is 38.5 Å². The molecular formula is C12H22O2. The molecule has 2 unspecified atom stereocenters. The number of aliphatic hydroxyl groups excluding tert-OH is 1. The summed E-state index contributed by atoms with van der Waals surface area (Å²) in [6.07, 6.45) is 9.78. The molecule has 2 heteroatoms. The maximum atomic E-state index is 9.72. The monoisotopic (exact) mass is 198 g/mol. The predicted molar refractivity (Wildman–Crippen MR) is 56.2 cm³/mol. The second kappa shape index (κ2) is 5.13. The molecule has 2 aliphatic rings. The Labute approximate surface area is 86.6 Å². The molecule has 0 amide bonds. The molecule has 0 aliphatic heterocycles. The number of rotatable bonds is 3. The van der Waals surface area contributed by atoms with Gasteiger partial charge in [0.05, 0.1) is 12.2 Å². The second-order valence-corrected chi connectivity index (χ2v) is 4.87. The molecular weight excluding hydrogens is 176 g/mol. The Morgan fingerprint density at radius 2 is 1.57 bits per heavy atom. The van der Waals surface area contributed by atoms with Crippen LogP contribution in [0.5, 0.6) is 0 Å². The fourth-order valence-electron chi connectivity index (χ4n) is 2.71. The highest BCUT2D eigenvalue weighted by atomic mass is 16.5. The van der Waals surface area contributed by atoms with Gasteiger partial charge in [0.2, 0.25) is 0 Å². The lowest BCUT2D eigenvalue weighted by Gasteiger charge is -2.28. The van der Waals surface area contributed by atoms with Crippen LogP contribution in [-0.4, -0.2) is 23.9 Å². The summed E-state index contributed by atoms with van der Waals surface area (Å²) in [5, 5.41) is 9.72. The zero-order chi connectivity index (χ0) is 9.80. The van der Waals surface area contributed by atoms with Crippen LogP contribution in [0, 0.1) is 5.92 Å². The van der Waals surface area contributed by atoms with Crippen molar-refractivity contribution in [3.05, 3.63) is 0 Å². The average molecular weight is 198 g/mol. The molecule has 0 spiro atoms. The summed E-state index contributed by atoms with van der Waals surface area (Å²) in [4.78, 5) is 0. The molecule has 2 aliphatic carbocycles. The Kier molecular flexibility index (Phi) is 3.82. The van der Waals surface area contributed by atoms with Crippen molar-refractivity contribution in [1.82, 2.24) is 0 Å². The molecule has 14 heavy (non-hydrogen) atoms. The lowest BCUT2D eigenvalue weighted by Crippen LogP contribution is -2.33. The van der Waals surface area contributed by atoms with Crippen molar-refractivity contribution in [2.75, 3.05) is 6.61 Å². The predicted octanol–water partition coefficient (Wildman–Crippen LogP) is 2.50. The van der Waals surface area contributed by atoms with Gasteiger partial charge in [-0.2, -0.15) is 0 Å². The molecule has 2 fully saturated rings. The minimum Gasteiger partial charge on any atom is -0.390 e. The molecule has 0 aromatic carbocycles. The van der Waals surface area contributed by atoms with Crippen molar-refractivity contribution < 1.29 is 9.84 Å². The van der Waals surface area contributed by atoms with E-state index >= 15 is 0 Å². The van der Waals surface area contributed by atoms with E-state index in [2.05, 4.69) is 0 Å². The van der Waals surface area contributed by atoms with Crippen molar-refractivity contribution in [2.45, 2.75) is 63.6 Å². The summed E-state index contributed by atoms with van der Waals surface area (Å²) < 4.78 is 5.83. The normalized spacial score (nSPS) is 34.9. The Balaban J connectivity index is 1.67. The minimum absolute atomic E-state index is 0.143. The lowest BCUT2D eigenvalue weighted by atomic mass is 9.95. The van der Waals surface area contributed by atoms with Crippen LogP contribution in [0.3, 0.4) is 0 Å². The first kappa shape index (κ1) is 10.4. The molecule has 0 bridgehead atoms. The third kappa shape index (κ3) is 2.71. The Morgan fingerprint density at radius 3 is 2.29 bits per heavy atom. The number of hydrogen-bond acceptors (Lipinski definition) is 2. The summed E-state index contributed by atoms with van der Waals surface area (Å²) in [6, 6.07) is 0. The molecule has 0 heterocycles. The summed E-state index contributed by atoms with van der Waals surface area (Å²) >= 11 is 0. The van der Waals surface area contributed by atoms with Gasteiger partial charge >= 0.3 is 0 Å². The molecule has 0 saturated heterocycles. The van der Waals surface area contributed by atoms with Gasteiger partial charge in [-0.25, -0.2) is 0 Å². The fraction of sp³-hybridized carbons (Fsp3) is 1.00. The van der Waals surface area contributed by atoms with Crippen LogP contribution in [0.15, 0.2) is 0 Å². The standard InChI is InChI=1S/C12H22O2/c13-11-7-3-4-8-12(11)14-9-10-5-1-2-6-10/h10-13H,1-9H2. The lowest BCUT2D eigenvalue weighted by molar-refractivity contribution is -0.0683.